The number of nitrogens with zero attached hydrogens (tertiary/aromatic N) is 2. The number of amides is 1. The van der Waals surface area contributed by atoms with Crippen molar-refractivity contribution in [3.05, 3.63) is 30.1 Å². The highest BCUT2D eigenvalue weighted by Gasteiger charge is 2.15. The van der Waals surface area contributed by atoms with Crippen LogP contribution < -0.4 is 10.6 Å². The fourth-order valence-corrected chi connectivity index (χ4v) is 3.14. The number of aromatic nitrogens is 2. The molecular formula is C14H17FN4OS2. The monoisotopic (exact) mass is 340 g/mol. The smallest absolute Gasteiger partial charge is 0.230 e. The Labute approximate surface area is 136 Å². The standard InChI is InChI=1S/C14H17FN4OS2/c1-14(2,3)17-11(20)8-21-13-19-18-12(22-13)16-10-7-5-4-6-9(10)15/h4-7H,8H2,1-3H3,(H,16,18)(H,17,20). The quantitative estimate of drug-likeness (QED) is 0.816. The van der Waals surface area contributed by atoms with Crippen molar-refractivity contribution in [1.29, 1.82) is 0 Å². The first-order chi connectivity index (χ1) is 10.3. The Bertz CT molecular complexity index is 654. The Morgan fingerprint density at radius 3 is 2.73 bits per heavy atom. The minimum atomic E-state index is -0.351. The zero-order chi connectivity index (χ0) is 16.2. The first kappa shape index (κ1) is 16.7. The summed E-state index contributed by atoms with van der Waals surface area (Å²) >= 11 is 2.58. The van der Waals surface area contributed by atoms with Crippen molar-refractivity contribution in [2.45, 2.75) is 30.6 Å². The summed E-state index contributed by atoms with van der Waals surface area (Å²) in [5, 5.41) is 14.2. The maximum Gasteiger partial charge on any atom is 0.230 e. The number of nitrogens with one attached hydrogen (secondary N) is 2. The normalized spacial score (nSPS) is 11.3. The number of carbonyl (C=O) groups excluding carboxylic acids is 1. The number of carbonyl (C=O) groups is 1. The molecule has 0 radical (unpaired) electrons. The van der Waals surface area contributed by atoms with Crippen molar-refractivity contribution in [3.8, 4) is 0 Å². The maximum absolute atomic E-state index is 13.5. The van der Waals surface area contributed by atoms with Gasteiger partial charge in [0.1, 0.15) is 5.82 Å². The second-order valence-electron chi connectivity index (χ2n) is 5.56. The average molecular weight is 340 g/mol. The third-order valence-corrected chi connectivity index (χ3v) is 4.34. The molecule has 0 aliphatic heterocycles. The molecule has 0 aliphatic carbocycles. The molecule has 1 amide bonds. The molecule has 0 saturated heterocycles. The molecule has 2 N–H and O–H groups in total. The van der Waals surface area contributed by atoms with Crippen molar-refractivity contribution >= 4 is 39.8 Å². The molecule has 0 atom stereocenters. The first-order valence-electron chi connectivity index (χ1n) is 6.62. The summed E-state index contributed by atoms with van der Waals surface area (Å²) in [6, 6.07) is 6.35. The molecule has 118 valence electrons. The number of benzene rings is 1. The maximum atomic E-state index is 13.5. The van der Waals surface area contributed by atoms with Gasteiger partial charge in [0.15, 0.2) is 4.34 Å². The molecule has 0 aliphatic rings. The minimum absolute atomic E-state index is 0.0590. The molecule has 22 heavy (non-hydrogen) atoms. The van der Waals surface area contributed by atoms with Gasteiger partial charge in [-0.25, -0.2) is 4.39 Å². The lowest BCUT2D eigenvalue weighted by molar-refractivity contribution is -0.119. The van der Waals surface area contributed by atoms with Crippen LogP contribution in [0.25, 0.3) is 0 Å². The van der Waals surface area contributed by atoms with Crippen LogP contribution in [0.2, 0.25) is 0 Å². The van der Waals surface area contributed by atoms with Gasteiger partial charge in [0.25, 0.3) is 0 Å². The van der Waals surface area contributed by atoms with E-state index in [-0.39, 0.29) is 23.0 Å². The fraction of sp³-hybridized carbons (Fsp3) is 0.357. The molecule has 2 rings (SSSR count). The molecule has 2 aromatic rings. The van der Waals surface area contributed by atoms with Crippen molar-refractivity contribution in [1.82, 2.24) is 15.5 Å². The van der Waals surface area contributed by atoms with Crippen molar-refractivity contribution in [3.63, 3.8) is 0 Å². The molecule has 1 aromatic carbocycles. The van der Waals surface area contributed by atoms with E-state index in [0.29, 0.717) is 15.2 Å². The summed E-state index contributed by atoms with van der Waals surface area (Å²) in [4.78, 5) is 11.7. The van der Waals surface area contributed by atoms with Crippen LogP contribution in [0.5, 0.6) is 0 Å². The van der Waals surface area contributed by atoms with Crippen molar-refractivity contribution < 1.29 is 9.18 Å². The summed E-state index contributed by atoms with van der Waals surface area (Å²) in [5.41, 5.74) is 0.0942. The Morgan fingerprint density at radius 1 is 1.32 bits per heavy atom. The van der Waals surface area contributed by atoms with Crippen LogP contribution in [0.15, 0.2) is 28.6 Å². The first-order valence-corrected chi connectivity index (χ1v) is 8.42. The highest BCUT2D eigenvalue weighted by atomic mass is 32.2. The van der Waals surface area contributed by atoms with Crippen LogP contribution in [0.3, 0.4) is 0 Å². The molecule has 0 unspecified atom stereocenters. The lowest BCUT2D eigenvalue weighted by Gasteiger charge is -2.19. The molecule has 5 nitrogen and oxygen atoms in total. The van der Waals surface area contributed by atoms with Gasteiger partial charge in [0.2, 0.25) is 11.0 Å². The van der Waals surface area contributed by atoms with E-state index in [1.54, 1.807) is 18.2 Å². The van der Waals surface area contributed by atoms with Gasteiger partial charge < -0.3 is 10.6 Å². The largest absolute Gasteiger partial charge is 0.351 e. The van der Waals surface area contributed by atoms with Gasteiger partial charge in [-0.3, -0.25) is 4.79 Å². The Balaban J connectivity index is 1.89. The lowest BCUT2D eigenvalue weighted by atomic mass is 10.1. The second kappa shape index (κ2) is 7.06. The van der Waals surface area contributed by atoms with Gasteiger partial charge in [-0.2, -0.15) is 0 Å². The van der Waals surface area contributed by atoms with Gasteiger partial charge in [-0.05, 0) is 32.9 Å². The average Bonchev–Trinajstić information content (AvgIpc) is 2.85. The van der Waals surface area contributed by atoms with E-state index in [4.69, 9.17) is 0 Å². The van der Waals surface area contributed by atoms with E-state index in [2.05, 4.69) is 20.8 Å². The van der Waals surface area contributed by atoms with Crippen LogP contribution in [0, 0.1) is 5.82 Å². The van der Waals surface area contributed by atoms with Gasteiger partial charge >= 0.3 is 0 Å². The number of para-hydroxylation sites is 1. The van der Waals surface area contributed by atoms with Crippen LogP contribution in [-0.4, -0.2) is 27.4 Å². The Morgan fingerprint density at radius 2 is 2.05 bits per heavy atom. The predicted molar refractivity (Wildman–Crippen MR) is 88.2 cm³/mol. The van der Waals surface area contributed by atoms with E-state index < -0.39 is 0 Å². The topological polar surface area (TPSA) is 66.9 Å². The molecule has 1 heterocycles. The minimum Gasteiger partial charge on any atom is -0.351 e. The number of rotatable bonds is 5. The van der Waals surface area contributed by atoms with Gasteiger partial charge in [-0.15, -0.1) is 10.2 Å². The number of hydrogen-bond donors (Lipinski definition) is 2. The van der Waals surface area contributed by atoms with Crippen LogP contribution >= 0.6 is 23.1 Å². The van der Waals surface area contributed by atoms with E-state index in [0.717, 1.165) is 0 Å². The van der Waals surface area contributed by atoms with Crippen molar-refractivity contribution in [2.75, 3.05) is 11.1 Å². The van der Waals surface area contributed by atoms with Gasteiger partial charge in [0.05, 0.1) is 11.4 Å². The van der Waals surface area contributed by atoms with Gasteiger partial charge in [-0.1, -0.05) is 35.2 Å². The summed E-state index contributed by atoms with van der Waals surface area (Å²) < 4.78 is 14.2. The van der Waals surface area contributed by atoms with E-state index in [1.165, 1.54) is 29.2 Å². The predicted octanol–water partition coefficient (Wildman–Crippen LogP) is 3.43. The number of thioether (sulfide) groups is 1. The third kappa shape index (κ3) is 5.27. The molecule has 0 saturated carbocycles. The Kier molecular flexibility index (Phi) is 5.36. The molecule has 8 heteroatoms. The number of halogens is 1. The van der Waals surface area contributed by atoms with Crippen LogP contribution in [0.1, 0.15) is 20.8 Å². The molecular weight excluding hydrogens is 323 g/mol. The SMILES string of the molecule is CC(C)(C)NC(=O)CSc1nnc(Nc2ccccc2F)s1. The summed E-state index contributed by atoms with van der Waals surface area (Å²) in [7, 11) is 0. The summed E-state index contributed by atoms with van der Waals surface area (Å²) in [5.74, 6) is -0.140. The third-order valence-electron chi connectivity index (χ3n) is 2.36. The zero-order valence-electron chi connectivity index (χ0n) is 12.5. The van der Waals surface area contributed by atoms with Crippen LogP contribution in [-0.2, 0) is 4.79 Å². The van der Waals surface area contributed by atoms with E-state index in [9.17, 15) is 9.18 Å². The highest BCUT2D eigenvalue weighted by molar-refractivity contribution is 8.01. The fourth-order valence-electron chi connectivity index (χ4n) is 1.58. The highest BCUT2D eigenvalue weighted by Crippen LogP contribution is 2.28. The number of anilines is 2. The van der Waals surface area contributed by atoms with Gasteiger partial charge in [0, 0.05) is 5.54 Å². The second-order valence-corrected chi connectivity index (χ2v) is 7.76. The van der Waals surface area contributed by atoms with E-state index >= 15 is 0 Å². The Hall–Kier alpha value is -1.67. The molecule has 0 fully saturated rings. The van der Waals surface area contributed by atoms with E-state index in [1.807, 2.05) is 20.8 Å². The molecule has 0 spiro atoms. The lowest BCUT2D eigenvalue weighted by Crippen LogP contribution is -2.41. The van der Waals surface area contributed by atoms with Crippen molar-refractivity contribution in [2.24, 2.45) is 0 Å². The molecule has 1 aromatic heterocycles. The zero-order valence-corrected chi connectivity index (χ0v) is 14.1. The number of hydrogen-bond acceptors (Lipinski definition) is 6. The summed E-state index contributed by atoms with van der Waals surface area (Å²) in [6.07, 6.45) is 0. The summed E-state index contributed by atoms with van der Waals surface area (Å²) in [6.45, 7) is 5.78. The van der Waals surface area contributed by atoms with Crippen LogP contribution in [0.4, 0.5) is 15.2 Å². The molecule has 0 bridgehead atoms.